The Hall–Kier alpha value is -4.04. The first kappa shape index (κ1) is 23.1. The number of benzene rings is 3. The number of amides is 2. The van der Waals surface area contributed by atoms with E-state index in [1.165, 1.54) is 5.56 Å². The van der Waals surface area contributed by atoms with Crippen molar-refractivity contribution in [3.63, 3.8) is 0 Å². The van der Waals surface area contributed by atoms with Crippen molar-refractivity contribution < 1.29 is 14.3 Å². The number of carbonyl (C=O) groups excluding carboxylic acids is 2. The molecule has 0 aliphatic rings. The number of aryl methyl sites for hydroxylation is 1. The predicted octanol–water partition coefficient (Wildman–Crippen LogP) is 4.73. The standard InChI is InChI=1S/C26H24N4O3S/c31-24(27-16-8-11-19-9-3-1-4-10-19)20-12-7-13-21(17-20)28-25(32)26-30-29-23(34-26)18-33-22-14-5-2-6-15-22/h1-7,9-10,12-15,17H,8,11,16,18H2,(H,27,31)(H,28,32). The van der Waals surface area contributed by atoms with Crippen LogP contribution in [0.4, 0.5) is 5.69 Å². The minimum atomic E-state index is -0.385. The molecule has 172 valence electrons. The predicted molar refractivity (Wildman–Crippen MR) is 132 cm³/mol. The van der Waals surface area contributed by atoms with Crippen molar-refractivity contribution in [1.29, 1.82) is 0 Å². The average Bonchev–Trinajstić information content (AvgIpc) is 3.36. The molecule has 0 fully saturated rings. The van der Waals surface area contributed by atoms with E-state index < -0.39 is 0 Å². The van der Waals surface area contributed by atoms with E-state index in [0.29, 0.717) is 22.8 Å². The lowest BCUT2D eigenvalue weighted by Crippen LogP contribution is -2.25. The van der Waals surface area contributed by atoms with E-state index in [4.69, 9.17) is 4.74 Å². The number of nitrogens with zero attached hydrogens (tertiary/aromatic N) is 2. The van der Waals surface area contributed by atoms with Gasteiger partial charge in [0.2, 0.25) is 5.01 Å². The summed E-state index contributed by atoms with van der Waals surface area (Å²) >= 11 is 1.16. The molecule has 0 radical (unpaired) electrons. The lowest BCUT2D eigenvalue weighted by Gasteiger charge is -2.08. The van der Waals surface area contributed by atoms with Crippen molar-refractivity contribution >= 4 is 28.8 Å². The van der Waals surface area contributed by atoms with Crippen LogP contribution in [0.25, 0.3) is 0 Å². The molecule has 0 bridgehead atoms. The van der Waals surface area contributed by atoms with Crippen LogP contribution < -0.4 is 15.4 Å². The summed E-state index contributed by atoms with van der Waals surface area (Å²) in [4.78, 5) is 25.1. The van der Waals surface area contributed by atoms with E-state index in [-0.39, 0.29) is 23.4 Å². The number of nitrogens with one attached hydrogen (secondary N) is 2. The molecular formula is C26H24N4O3S. The maximum Gasteiger partial charge on any atom is 0.286 e. The van der Waals surface area contributed by atoms with Crippen molar-refractivity contribution in [3.8, 4) is 5.75 Å². The molecule has 3 aromatic carbocycles. The van der Waals surface area contributed by atoms with Crippen molar-refractivity contribution in [2.75, 3.05) is 11.9 Å². The van der Waals surface area contributed by atoms with Crippen LogP contribution in [0.15, 0.2) is 84.9 Å². The summed E-state index contributed by atoms with van der Waals surface area (Å²) in [5.74, 6) is 0.156. The van der Waals surface area contributed by atoms with Crippen molar-refractivity contribution in [2.45, 2.75) is 19.4 Å². The molecule has 0 aliphatic heterocycles. The van der Waals surface area contributed by atoms with Gasteiger partial charge in [0.15, 0.2) is 5.01 Å². The summed E-state index contributed by atoms with van der Waals surface area (Å²) in [5.41, 5.74) is 2.24. The van der Waals surface area contributed by atoms with Crippen LogP contribution in [0, 0.1) is 0 Å². The van der Waals surface area contributed by atoms with Crippen LogP contribution >= 0.6 is 11.3 Å². The zero-order chi connectivity index (χ0) is 23.6. The highest BCUT2D eigenvalue weighted by molar-refractivity contribution is 7.13. The molecule has 0 spiro atoms. The summed E-state index contributed by atoms with van der Waals surface area (Å²) in [5, 5.41) is 14.5. The molecule has 2 N–H and O–H groups in total. The summed E-state index contributed by atoms with van der Waals surface area (Å²) in [6, 6.07) is 26.3. The minimum absolute atomic E-state index is 0.180. The van der Waals surface area contributed by atoms with Crippen LogP contribution in [-0.2, 0) is 13.0 Å². The number of rotatable bonds is 10. The van der Waals surface area contributed by atoms with E-state index in [9.17, 15) is 9.59 Å². The van der Waals surface area contributed by atoms with E-state index >= 15 is 0 Å². The van der Waals surface area contributed by atoms with Crippen LogP contribution in [0.1, 0.15) is 37.2 Å². The van der Waals surface area contributed by atoms with E-state index in [1.54, 1.807) is 24.3 Å². The van der Waals surface area contributed by atoms with Crippen LogP contribution in [0.5, 0.6) is 5.75 Å². The Kier molecular flexibility index (Phi) is 7.97. The molecule has 8 heteroatoms. The topological polar surface area (TPSA) is 93.2 Å². The van der Waals surface area contributed by atoms with Gasteiger partial charge in [-0.25, -0.2) is 0 Å². The van der Waals surface area contributed by atoms with Crippen molar-refractivity contribution in [1.82, 2.24) is 15.5 Å². The monoisotopic (exact) mass is 472 g/mol. The Labute approximate surface area is 201 Å². The molecule has 0 atom stereocenters. The van der Waals surface area contributed by atoms with Crippen molar-refractivity contribution in [2.24, 2.45) is 0 Å². The van der Waals surface area contributed by atoms with Crippen LogP contribution in [0.2, 0.25) is 0 Å². The zero-order valence-corrected chi connectivity index (χ0v) is 19.3. The molecular weight excluding hydrogens is 448 g/mol. The molecule has 0 unspecified atom stereocenters. The van der Waals surface area contributed by atoms with Gasteiger partial charge in [0.25, 0.3) is 11.8 Å². The quantitative estimate of drug-likeness (QED) is 0.326. The summed E-state index contributed by atoms with van der Waals surface area (Å²) in [7, 11) is 0. The maximum absolute atomic E-state index is 12.6. The van der Waals surface area contributed by atoms with Gasteiger partial charge < -0.3 is 15.4 Å². The minimum Gasteiger partial charge on any atom is -0.486 e. The number of anilines is 1. The summed E-state index contributed by atoms with van der Waals surface area (Å²) in [6.07, 6.45) is 1.75. The number of hydrogen-bond acceptors (Lipinski definition) is 6. The first-order valence-electron chi connectivity index (χ1n) is 10.9. The van der Waals surface area contributed by atoms with Gasteiger partial charge in [-0.1, -0.05) is 65.9 Å². The molecule has 1 heterocycles. The Bertz CT molecular complexity index is 1230. The first-order valence-corrected chi connectivity index (χ1v) is 11.7. The largest absolute Gasteiger partial charge is 0.486 e. The highest BCUT2D eigenvalue weighted by atomic mass is 32.1. The number of para-hydroxylation sites is 1. The number of aromatic nitrogens is 2. The third kappa shape index (κ3) is 6.73. The molecule has 34 heavy (non-hydrogen) atoms. The Morgan fingerprint density at radius 2 is 1.62 bits per heavy atom. The van der Waals surface area contributed by atoms with Gasteiger partial charge in [-0.3, -0.25) is 9.59 Å². The second kappa shape index (κ2) is 11.7. The molecule has 0 aliphatic carbocycles. The van der Waals surface area contributed by atoms with Crippen molar-refractivity contribution in [3.05, 3.63) is 106 Å². The molecule has 2 amide bonds. The second-order valence-corrected chi connectivity index (χ2v) is 8.54. The summed E-state index contributed by atoms with van der Waals surface area (Å²) in [6.45, 7) is 0.803. The Balaban J connectivity index is 1.26. The molecule has 7 nitrogen and oxygen atoms in total. The zero-order valence-electron chi connectivity index (χ0n) is 18.4. The fraction of sp³-hybridized carbons (Fsp3) is 0.154. The first-order chi connectivity index (χ1) is 16.7. The Morgan fingerprint density at radius 3 is 2.41 bits per heavy atom. The SMILES string of the molecule is O=C(NCCCc1ccccc1)c1cccc(NC(=O)c2nnc(COc3ccccc3)s2)c1. The van der Waals surface area contributed by atoms with E-state index in [1.807, 2.05) is 48.5 Å². The maximum atomic E-state index is 12.6. The van der Waals surface area contributed by atoms with Crippen LogP contribution in [-0.4, -0.2) is 28.6 Å². The van der Waals surface area contributed by atoms with Gasteiger partial charge in [0.1, 0.15) is 12.4 Å². The third-order valence-electron chi connectivity index (χ3n) is 4.92. The lowest BCUT2D eigenvalue weighted by molar-refractivity contribution is 0.0951. The average molecular weight is 473 g/mol. The number of hydrogen-bond donors (Lipinski definition) is 2. The van der Waals surface area contributed by atoms with Gasteiger partial charge in [0, 0.05) is 17.8 Å². The molecule has 4 aromatic rings. The fourth-order valence-electron chi connectivity index (χ4n) is 3.23. The lowest BCUT2D eigenvalue weighted by atomic mass is 10.1. The van der Waals surface area contributed by atoms with E-state index in [2.05, 4.69) is 33.0 Å². The second-order valence-electron chi connectivity index (χ2n) is 7.48. The van der Waals surface area contributed by atoms with Gasteiger partial charge in [-0.2, -0.15) is 0 Å². The number of carbonyl (C=O) groups is 2. The Morgan fingerprint density at radius 1 is 0.853 bits per heavy atom. The van der Waals surface area contributed by atoms with E-state index in [0.717, 1.165) is 29.9 Å². The van der Waals surface area contributed by atoms with Gasteiger partial charge in [-0.05, 0) is 48.7 Å². The van der Waals surface area contributed by atoms with Gasteiger partial charge in [0.05, 0.1) is 0 Å². The van der Waals surface area contributed by atoms with Gasteiger partial charge >= 0.3 is 0 Å². The molecule has 4 rings (SSSR count). The highest BCUT2D eigenvalue weighted by Crippen LogP contribution is 2.17. The fourth-order valence-corrected chi connectivity index (χ4v) is 3.88. The normalized spacial score (nSPS) is 10.5. The number of ether oxygens (including phenoxy) is 1. The molecule has 0 saturated carbocycles. The third-order valence-corrected chi connectivity index (χ3v) is 5.82. The molecule has 0 saturated heterocycles. The summed E-state index contributed by atoms with van der Waals surface area (Å²) < 4.78 is 5.64. The highest BCUT2D eigenvalue weighted by Gasteiger charge is 2.14. The molecule has 1 aromatic heterocycles. The van der Waals surface area contributed by atoms with Crippen LogP contribution in [0.3, 0.4) is 0 Å². The van der Waals surface area contributed by atoms with Gasteiger partial charge in [-0.15, -0.1) is 10.2 Å². The smallest absolute Gasteiger partial charge is 0.286 e.